The smallest absolute Gasteiger partial charge is 0.240 e. The lowest BCUT2D eigenvalue weighted by Gasteiger charge is -2.30. The van der Waals surface area contributed by atoms with Crippen LogP contribution in [0, 0.1) is 0 Å². The number of sulfonamides is 1. The third-order valence-corrected chi connectivity index (χ3v) is 6.45. The molecule has 4 rings (SSSR count). The molecule has 130 valence electrons. The summed E-state index contributed by atoms with van der Waals surface area (Å²) < 4.78 is 27.7. The van der Waals surface area contributed by atoms with Crippen LogP contribution in [0.5, 0.6) is 0 Å². The van der Waals surface area contributed by atoms with Crippen LogP contribution in [0.15, 0.2) is 53.4 Å². The molecule has 6 heteroatoms. The number of carbonyl (C=O) groups is 1. The zero-order valence-electron chi connectivity index (χ0n) is 13.8. The summed E-state index contributed by atoms with van der Waals surface area (Å²) in [4.78, 5) is 13.7. The van der Waals surface area contributed by atoms with Gasteiger partial charge in [-0.2, -0.15) is 0 Å². The van der Waals surface area contributed by atoms with E-state index >= 15 is 0 Å². The normalized spacial score (nSPS) is 19.6. The van der Waals surface area contributed by atoms with Crippen molar-refractivity contribution in [2.24, 2.45) is 0 Å². The van der Waals surface area contributed by atoms with E-state index < -0.39 is 10.0 Å². The second-order valence-corrected chi connectivity index (χ2v) is 8.36. The highest BCUT2D eigenvalue weighted by Crippen LogP contribution is 2.34. The molecule has 1 aliphatic carbocycles. The van der Waals surface area contributed by atoms with Gasteiger partial charge in [-0.15, -0.1) is 0 Å². The predicted molar refractivity (Wildman–Crippen MR) is 96.1 cm³/mol. The third kappa shape index (κ3) is 3.07. The lowest BCUT2D eigenvalue weighted by Crippen LogP contribution is -2.33. The summed E-state index contributed by atoms with van der Waals surface area (Å²) in [5.74, 6) is 0.338. The van der Waals surface area contributed by atoms with Gasteiger partial charge < -0.3 is 4.90 Å². The molecule has 1 saturated heterocycles. The number of benzene rings is 2. The molecular weight excluding hydrogens is 336 g/mol. The second kappa shape index (κ2) is 6.28. The summed E-state index contributed by atoms with van der Waals surface area (Å²) in [6.45, 7) is 1.11. The fourth-order valence-electron chi connectivity index (χ4n) is 3.56. The summed E-state index contributed by atoms with van der Waals surface area (Å²) in [5, 5.41) is 0. The van der Waals surface area contributed by atoms with Crippen molar-refractivity contribution in [2.45, 2.75) is 30.1 Å². The van der Waals surface area contributed by atoms with Crippen LogP contribution in [0.3, 0.4) is 0 Å². The molecule has 25 heavy (non-hydrogen) atoms. The Balaban J connectivity index is 1.43. The molecule has 1 N–H and O–H groups in total. The molecule has 1 aliphatic heterocycles. The maximum Gasteiger partial charge on any atom is 0.240 e. The zero-order chi connectivity index (χ0) is 17.4. The van der Waals surface area contributed by atoms with Crippen molar-refractivity contribution >= 4 is 21.6 Å². The van der Waals surface area contributed by atoms with Crippen LogP contribution in [0.4, 0.5) is 5.69 Å². The maximum atomic E-state index is 12.5. The van der Waals surface area contributed by atoms with Gasteiger partial charge in [-0.3, -0.25) is 4.79 Å². The number of carbonyl (C=O) groups excluding carboxylic acids is 1. The first-order valence-electron chi connectivity index (χ1n) is 8.52. The van der Waals surface area contributed by atoms with Crippen molar-refractivity contribution < 1.29 is 13.2 Å². The monoisotopic (exact) mass is 356 g/mol. The van der Waals surface area contributed by atoms with Gasteiger partial charge in [0.15, 0.2) is 0 Å². The summed E-state index contributed by atoms with van der Waals surface area (Å²) in [6.07, 6.45) is 2.32. The highest BCUT2D eigenvalue weighted by Gasteiger charge is 2.27. The zero-order valence-corrected chi connectivity index (χ0v) is 14.6. The Kier molecular flexibility index (Phi) is 4.09. The Morgan fingerprint density at radius 3 is 2.52 bits per heavy atom. The molecule has 0 spiro atoms. The van der Waals surface area contributed by atoms with Crippen molar-refractivity contribution in [3.05, 3.63) is 59.7 Å². The van der Waals surface area contributed by atoms with Crippen molar-refractivity contribution in [1.29, 1.82) is 0 Å². The number of anilines is 1. The van der Waals surface area contributed by atoms with E-state index in [4.69, 9.17) is 0 Å². The Bertz CT molecular complexity index is 907. The van der Waals surface area contributed by atoms with Crippen molar-refractivity contribution in [1.82, 2.24) is 4.72 Å². The van der Waals surface area contributed by atoms with Crippen LogP contribution in [-0.2, 0) is 21.2 Å². The number of amides is 1. The standard InChI is InChI=1S/C19H20N2O3S/c22-19-6-3-11-21(19)16-7-9-17(10-8-16)25(23,24)20-13-15-12-14-4-1-2-5-18(14)15/h1-2,4-5,7-10,15,20H,3,6,11-13H2. The van der Waals surface area contributed by atoms with Gasteiger partial charge in [-0.05, 0) is 48.2 Å². The first-order valence-corrected chi connectivity index (χ1v) is 10.0. The van der Waals surface area contributed by atoms with Gasteiger partial charge in [0.1, 0.15) is 0 Å². The number of nitrogens with one attached hydrogen (secondary N) is 1. The van der Waals surface area contributed by atoms with Gasteiger partial charge in [0.2, 0.25) is 15.9 Å². The largest absolute Gasteiger partial charge is 0.312 e. The maximum absolute atomic E-state index is 12.5. The lowest BCUT2D eigenvalue weighted by molar-refractivity contribution is -0.117. The molecule has 0 bridgehead atoms. The average molecular weight is 356 g/mol. The molecule has 1 atom stereocenters. The van der Waals surface area contributed by atoms with Gasteiger partial charge >= 0.3 is 0 Å². The molecule has 1 heterocycles. The van der Waals surface area contributed by atoms with Crippen LogP contribution in [0.1, 0.15) is 29.9 Å². The Morgan fingerprint density at radius 2 is 1.84 bits per heavy atom. The van der Waals surface area contributed by atoms with Crippen LogP contribution in [0.25, 0.3) is 0 Å². The SMILES string of the molecule is O=C1CCCN1c1ccc(S(=O)(=O)NCC2Cc3ccccc32)cc1. The molecule has 0 saturated carbocycles. The molecule has 5 nitrogen and oxygen atoms in total. The Hall–Kier alpha value is -2.18. The molecule has 2 aromatic rings. The average Bonchev–Trinajstić information content (AvgIpc) is 3.02. The van der Waals surface area contributed by atoms with Gasteiger partial charge in [0.25, 0.3) is 0 Å². The minimum absolute atomic E-state index is 0.0948. The van der Waals surface area contributed by atoms with Gasteiger partial charge in [-0.1, -0.05) is 24.3 Å². The number of nitrogens with zero attached hydrogens (tertiary/aromatic N) is 1. The molecule has 0 radical (unpaired) electrons. The fraction of sp³-hybridized carbons (Fsp3) is 0.316. The quantitative estimate of drug-likeness (QED) is 0.895. The molecule has 1 fully saturated rings. The molecular formula is C19H20N2O3S. The van der Waals surface area contributed by atoms with Crippen molar-refractivity contribution in [2.75, 3.05) is 18.0 Å². The Morgan fingerprint density at radius 1 is 1.08 bits per heavy atom. The topological polar surface area (TPSA) is 66.5 Å². The van der Waals surface area contributed by atoms with E-state index in [1.165, 1.54) is 11.1 Å². The van der Waals surface area contributed by atoms with E-state index in [1.54, 1.807) is 29.2 Å². The van der Waals surface area contributed by atoms with Gasteiger partial charge in [0.05, 0.1) is 4.90 Å². The van der Waals surface area contributed by atoms with Gasteiger partial charge in [0, 0.05) is 31.1 Å². The minimum Gasteiger partial charge on any atom is -0.312 e. The second-order valence-electron chi connectivity index (χ2n) is 6.59. The highest BCUT2D eigenvalue weighted by atomic mass is 32.2. The molecule has 1 unspecified atom stereocenters. The highest BCUT2D eigenvalue weighted by molar-refractivity contribution is 7.89. The lowest BCUT2D eigenvalue weighted by atomic mass is 9.78. The summed E-state index contributed by atoms with van der Waals surface area (Å²) in [5.41, 5.74) is 3.29. The molecule has 1 amide bonds. The van der Waals surface area contributed by atoms with E-state index in [-0.39, 0.29) is 16.7 Å². The number of fused-ring (bicyclic) bond motifs is 1. The molecule has 2 aromatic carbocycles. The Labute approximate surface area is 147 Å². The third-order valence-electron chi connectivity index (χ3n) is 5.01. The van der Waals surface area contributed by atoms with Crippen LogP contribution < -0.4 is 9.62 Å². The van der Waals surface area contributed by atoms with Crippen LogP contribution in [-0.4, -0.2) is 27.4 Å². The molecule has 0 aromatic heterocycles. The summed E-state index contributed by atoms with van der Waals surface area (Å²) in [7, 11) is -3.54. The number of rotatable bonds is 5. The summed E-state index contributed by atoms with van der Waals surface area (Å²) in [6, 6.07) is 14.7. The van der Waals surface area contributed by atoms with E-state index in [0.717, 1.165) is 18.5 Å². The first-order chi connectivity index (χ1) is 12.0. The van der Waals surface area contributed by atoms with Crippen LogP contribution in [0.2, 0.25) is 0 Å². The molecule has 2 aliphatic rings. The number of hydrogen-bond donors (Lipinski definition) is 1. The van der Waals surface area contributed by atoms with E-state index in [0.29, 0.717) is 19.5 Å². The summed E-state index contributed by atoms with van der Waals surface area (Å²) >= 11 is 0. The fourth-order valence-corrected chi connectivity index (χ4v) is 4.65. The van der Waals surface area contributed by atoms with Crippen LogP contribution >= 0.6 is 0 Å². The number of hydrogen-bond acceptors (Lipinski definition) is 3. The van der Waals surface area contributed by atoms with Gasteiger partial charge in [-0.25, -0.2) is 13.1 Å². The predicted octanol–water partition coefficient (Wildman–Crippen LogP) is 2.43. The van der Waals surface area contributed by atoms with E-state index in [9.17, 15) is 13.2 Å². The van der Waals surface area contributed by atoms with E-state index in [2.05, 4.69) is 16.9 Å². The van der Waals surface area contributed by atoms with Crippen molar-refractivity contribution in [3.63, 3.8) is 0 Å². The first kappa shape index (κ1) is 16.3. The van der Waals surface area contributed by atoms with Crippen molar-refractivity contribution in [3.8, 4) is 0 Å². The minimum atomic E-state index is -3.54. The van der Waals surface area contributed by atoms with E-state index in [1.807, 2.05) is 12.1 Å².